The Labute approximate surface area is 492 Å². The lowest BCUT2D eigenvalue weighted by Crippen LogP contribution is -2.56. The molecule has 1 aliphatic heterocycles. The van der Waals surface area contributed by atoms with Crippen LogP contribution in [0.2, 0.25) is 5.31 Å². The summed E-state index contributed by atoms with van der Waals surface area (Å²) in [6, 6.07) is 60.2. The molecule has 418 valence electrons. The summed E-state index contributed by atoms with van der Waals surface area (Å²) in [7, 11) is 0. The molecule has 7 aromatic carbocycles. The molecule has 82 heavy (non-hydrogen) atoms. The van der Waals surface area contributed by atoms with Gasteiger partial charge in [0.25, 0.3) is 6.71 Å². The maximum atomic E-state index is 7.93. The number of rotatable bonds is 7. The number of furan rings is 1. The van der Waals surface area contributed by atoms with Gasteiger partial charge in [-0.3, -0.25) is 0 Å². The van der Waals surface area contributed by atoms with Crippen LogP contribution in [0.5, 0.6) is 0 Å². The summed E-state index contributed by atoms with van der Waals surface area (Å²) in [6.45, 7) is 37.0. The topological polar surface area (TPSA) is 19.6 Å². The smallest absolute Gasteiger partial charge is 0.270 e. The van der Waals surface area contributed by atoms with Gasteiger partial charge in [-0.05, 0) is 193 Å². The minimum absolute atomic E-state index is 0.00447. The molecule has 0 fully saturated rings. The van der Waals surface area contributed by atoms with Gasteiger partial charge in [-0.25, -0.2) is 0 Å². The van der Waals surface area contributed by atoms with Gasteiger partial charge in [-0.1, -0.05) is 219 Å². The van der Waals surface area contributed by atoms with Gasteiger partial charge in [0.1, 0.15) is 5.58 Å². The highest BCUT2D eigenvalue weighted by molar-refractivity contribution is 6.90. The molecule has 0 amide bonds. The molecule has 0 spiro atoms. The average Bonchev–Trinajstić information content (AvgIpc) is 1.45. The van der Waals surface area contributed by atoms with Crippen LogP contribution in [0.25, 0.3) is 22.1 Å². The minimum atomic E-state index is -0.392. The van der Waals surface area contributed by atoms with Crippen LogP contribution >= 0.6 is 0 Å². The number of anilines is 6. The summed E-state index contributed by atoms with van der Waals surface area (Å²) < 4.78 is 7.93. The molecule has 13 rings (SSSR count). The van der Waals surface area contributed by atoms with Crippen LogP contribution in [0.4, 0.5) is 34.1 Å². The molecule has 5 aliphatic rings. The zero-order valence-electron chi connectivity index (χ0n) is 52.0. The number of allylic oxidation sites excluding steroid dienone is 4. The Kier molecular flexibility index (Phi) is 12.4. The van der Waals surface area contributed by atoms with Crippen LogP contribution in [0.3, 0.4) is 0 Å². The Morgan fingerprint density at radius 2 is 1.07 bits per heavy atom. The highest BCUT2D eigenvalue weighted by Gasteiger charge is 2.55. The number of hydrogen-bond donors (Lipinski definition) is 0. The minimum Gasteiger partial charge on any atom is -0.469 e. The van der Waals surface area contributed by atoms with Gasteiger partial charge in [0.15, 0.2) is 0 Å². The van der Waals surface area contributed by atoms with E-state index in [-0.39, 0.29) is 44.6 Å². The first-order valence-corrected chi connectivity index (χ1v) is 31.0. The molecule has 2 unspecified atom stereocenters. The van der Waals surface area contributed by atoms with E-state index in [1.165, 1.54) is 68.5 Å². The number of para-hydroxylation sites is 2. The fourth-order valence-electron chi connectivity index (χ4n) is 16.1. The monoisotopic (exact) mass is 1080 g/mol. The second-order valence-corrected chi connectivity index (χ2v) is 30.5. The number of benzene rings is 7. The van der Waals surface area contributed by atoms with E-state index in [1.807, 2.05) is 0 Å². The molecule has 0 saturated heterocycles. The molecule has 2 atom stereocenters. The first-order chi connectivity index (χ1) is 38.7. The van der Waals surface area contributed by atoms with Crippen LogP contribution in [0.1, 0.15) is 182 Å². The van der Waals surface area contributed by atoms with E-state index in [9.17, 15) is 0 Å². The third-order valence-corrected chi connectivity index (χ3v) is 21.4. The largest absolute Gasteiger partial charge is 0.469 e. The van der Waals surface area contributed by atoms with Crippen molar-refractivity contribution in [3.63, 3.8) is 0 Å². The van der Waals surface area contributed by atoms with Crippen LogP contribution in [0, 0.1) is 5.41 Å². The van der Waals surface area contributed by atoms with Crippen LogP contribution in [-0.4, -0.2) is 6.71 Å². The van der Waals surface area contributed by atoms with E-state index in [0.29, 0.717) is 0 Å². The van der Waals surface area contributed by atoms with Crippen molar-refractivity contribution < 1.29 is 4.42 Å². The van der Waals surface area contributed by atoms with Crippen molar-refractivity contribution in [2.24, 2.45) is 5.41 Å². The zero-order valence-corrected chi connectivity index (χ0v) is 52.0. The summed E-state index contributed by atoms with van der Waals surface area (Å²) in [5.74, 6) is 0. The van der Waals surface area contributed by atoms with Gasteiger partial charge in [-0.2, -0.15) is 0 Å². The van der Waals surface area contributed by atoms with Gasteiger partial charge in [0.05, 0.1) is 17.0 Å². The normalized spacial score (nSPS) is 22.7. The number of fused-ring (bicyclic) bond motifs is 6. The van der Waals surface area contributed by atoms with Crippen molar-refractivity contribution in [3.05, 3.63) is 214 Å². The Balaban J connectivity index is 1.12. The third-order valence-electron chi connectivity index (χ3n) is 21.4. The predicted octanol–water partition coefficient (Wildman–Crippen LogP) is 20.8. The maximum absolute atomic E-state index is 7.93. The Morgan fingerprint density at radius 3 is 1.71 bits per heavy atom. The molecule has 1 aromatic heterocycles. The fourth-order valence-corrected chi connectivity index (χ4v) is 16.1. The Morgan fingerprint density at radius 1 is 0.500 bits per heavy atom. The van der Waals surface area contributed by atoms with E-state index in [2.05, 4.69) is 284 Å². The standard InChI is InChI=1S/C78H87BN2O/c1-71(2,3)52-34-37-65(56(46-52)51-26-19-16-20-27-51)81-66-47-55(80(53-28-21-17-22-29-53)54-30-23-18-24-31-54)35-36-64(66)79(70-69(81)57-48-61-62(49-67(57)82-70)75(10,11)41-40-74(61,8)9)77(14)39-38-58-63(50-77)78(15,45-44-72(58,4)5)60-33-25-32-59-68(60)76(12,13)43-42-73(59,6)7/h16-39,46-49H,40-45,50H2,1-15H3. The first-order valence-electron chi connectivity index (χ1n) is 31.0. The van der Waals surface area contributed by atoms with E-state index < -0.39 is 5.31 Å². The van der Waals surface area contributed by atoms with Gasteiger partial charge in [0.2, 0.25) is 0 Å². The highest BCUT2D eigenvalue weighted by atomic mass is 16.3. The molecule has 2 heterocycles. The average molecular weight is 1080 g/mol. The van der Waals surface area contributed by atoms with E-state index in [1.54, 1.807) is 22.3 Å². The Bertz CT molecular complexity index is 3860. The van der Waals surface area contributed by atoms with Gasteiger partial charge >= 0.3 is 0 Å². The lowest BCUT2D eigenvalue weighted by Gasteiger charge is -2.53. The lowest BCUT2D eigenvalue weighted by atomic mass is 9.26. The van der Waals surface area contributed by atoms with E-state index in [0.717, 1.165) is 66.1 Å². The summed E-state index contributed by atoms with van der Waals surface area (Å²) >= 11 is 0. The second kappa shape index (κ2) is 18.6. The molecule has 4 aliphatic carbocycles. The van der Waals surface area contributed by atoms with Crippen LogP contribution in [-0.2, 0) is 32.5 Å². The molecule has 0 bridgehead atoms. The van der Waals surface area contributed by atoms with Gasteiger partial charge in [0, 0.05) is 39.1 Å². The van der Waals surface area contributed by atoms with Crippen molar-refractivity contribution >= 4 is 62.9 Å². The molecule has 0 N–H and O–H groups in total. The lowest BCUT2D eigenvalue weighted by molar-refractivity contribution is 0.285. The summed E-state index contributed by atoms with van der Waals surface area (Å²) in [5.41, 5.74) is 24.6. The summed E-state index contributed by atoms with van der Waals surface area (Å²) in [6.07, 6.45) is 13.1. The van der Waals surface area contributed by atoms with Crippen molar-refractivity contribution in [2.75, 3.05) is 9.80 Å². The number of nitrogens with zero attached hydrogens (tertiary/aromatic N) is 2. The highest BCUT2D eigenvalue weighted by Crippen LogP contribution is 2.62. The molecule has 0 saturated carbocycles. The summed E-state index contributed by atoms with van der Waals surface area (Å²) in [4.78, 5) is 5.09. The molecular formula is C78H87BN2O. The van der Waals surface area contributed by atoms with Gasteiger partial charge < -0.3 is 14.2 Å². The van der Waals surface area contributed by atoms with Crippen molar-refractivity contribution in [3.8, 4) is 11.1 Å². The van der Waals surface area contributed by atoms with E-state index >= 15 is 0 Å². The Hall–Kier alpha value is -6.78. The molecule has 8 aromatic rings. The molecule has 3 nitrogen and oxygen atoms in total. The van der Waals surface area contributed by atoms with Gasteiger partial charge in [-0.15, -0.1) is 0 Å². The van der Waals surface area contributed by atoms with Crippen LogP contribution < -0.4 is 20.9 Å². The van der Waals surface area contributed by atoms with Crippen molar-refractivity contribution in [1.82, 2.24) is 0 Å². The van der Waals surface area contributed by atoms with Crippen molar-refractivity contribution in [2.45, 2.75) is 187 Å². The SMILES string of the molecule is CC1(B2c3ccc(N(c4ccccc4)c4ccccc4)cc3N(c3ccc(C(C)(C)C)cc3-c3ccccc3)c3c2oc2cc4c(cc32)C(C)(C)CCC4(C)C)C=CC2=C(C1)C(C)(c1cccc3c1C(C)(C)CCC3(C)C)CCC2(C)C. The maximum Gasteiger partial charge on any atom is 0.270 e. The quantitative estimate of drug-likeness (QED) is 0.148. The zero-order chi connectivity index (χ0) is 57.7. The van der Waals surface area contributed by atoms with Crippen LogP contribution in [0.15, 0.2) is 185 Å². The third kappa shape index (κ3) is 8.56. The first kappa shape index (κ1) is 54.5. The molecule has 4 heteroatoms. The number of hydrogen-bond acceptors (Lipinski definition) is 3. The van der Waals surface area contributed by atoms with Crippen molar-refractivity contribution in [1.29, 1.82) is 0 Å². The van der Waals surface area contributed by atoms with E-state index in [4.69, 9.17) is 4.42 Å². The molecule has 0 radical (unpaired) electrons. The fraction of sp³-hybridized carbons (Fsp3) is 0.385. The molecular weight excluding hydrogens is 992 g/mol. The second-order valence-electron chi connectivity index (χ2n) is 30.5. The predicted molar refractivity (Wildman–Crippen MR) is 351 cm³/mol. The summed E-state index contributed by atoms with van der Waals surface area (Å²) in [5, 5.41) is 0.798.